The molecule has 0 bridgehead atoms. The molecule has 1 heterocycles. The Morgan fingerprint density at radius 2 is 2.00 bits per heavy atom. The molecule has 1 nitrogen and oxygen atoms in total. The van der Waals surface area contributed by atoms with Crippen LogP contribution in [-0.4, -0.2) is 6.04 Å². The van der Waals surface area contributed by atoms with E-state index in [1.807, 2.05) is 11.3 Å². The second kappa shape index (κ2) is 5.73. The van der Waals surface area contributed by atoms with Gasteiger partial charge in [0, 0.05) is 21.7 Å². The maximum absolute atomic E-state index is 3.94. The van der Waals surface area contributed by atoms with E-state index in [0.717, 1.165) is 0 Å². The molecular weight excluding hydrogens is 274 g/mol. The first-order chi connectivity index (χ1) is 9.99. The molecule has 21 heavy (non-hydrogen) atoms. The molecular formula is C19H27NS. The molecule has 0 radical (unpaired) electrons. The van der Waals surface area contributed by atoms with Crippen LogP contribution in [0.2, 0.25) is 0 Å². The Kier molecular flexibility index (Phi) is 4.11. The summed E-state index contributed by atoms with van der Waals surface area (Å²) in [6, 6.07) is 9.88. The molecule has 1 N–H and O–H groups in total. The summed E-state index contributed by atoms with van der Waals surface area (Å²) in [7, 11) is 0. The third kappa shape index (κ3) is 2.89. The van der Waals surface area contributed by atoms with E-state index >= 15 is 0 Å². The number of aryl methyl sites for hydroxylation is 1. The minimum absolute atomic E-state index is 0.428. The third-order valence-electron chi connectivity index (χ3n) is 5.23. The smallest absolute Gasteiger partial charge is 0.0391 e. The first-order valence-corrected chi connectivity index (χ1v) is 9.05. The monoisotopic (exact) mass is 301 g/mol. The highest BCUT2D eigenvalue weighted by molar-refractivity contribution is 7.19. The largest absolute Gasteiger partial charge is 0.306 e. The van der Waals surface area contributed by atoms with Crippen molar-refractivity contribution in [1.29, 1.82) is 0 Å². The fraction of sp³-hybridized carbons (Fsp3) is 0.579. The maximum Gasteiger partial charge on any atom is 0.0391 e. The lowest BCUT2D eigenvalue weighted by atomic mass is 9.73. The molecule has 2 heteroatoms. The van der Waals surface area contributed by atoms with Crippen LogP contribution in [0.4, 0.5) is 0 Å². The summed E-state index contributed by atoms with van der Waals surface area (Å²) in [5, 5.41) is 5.36. The van der Waals surface area contributed by atoms with Gasteiger partial charge in [0.2, 0.25) is 0 Å². The minimum atomic E-state index is 0.428. The van der Waals surface area contributed by atoms with Gasteiger partial charge in [-0.3, -0.25) is 0 Å². The number of fused-ring (bicyclic) bond motifs is 1. The van der Waals surface area contributed by atoms with Crippen LogP contribution in [0.3, 0.4) is 0 Å². The maximum atomic E-state index is 3.94. The fourth-order valence-corrected chi connectivity index (χ4v) is 5.01. The van der Waals surface area contributed by atoms with E-state index in [0.29, 0.717) is 17.5 Å². The number of nitrogens with one attached hydrogen (secondary N) is 1. The summed E-state index contributed by atoms with van der Waals surface area (Å²) in [5.41, 5.74) is 1.89. The van der Waals surface area contributed by atoms with Gasteiger partial charge in [-0.1, -0.05) is 44.9 Å². The van der Waals surface area contributed by atoms with Crippen molar-refractivity contribution >= 4 is 21.4 Å². The molecule has 1 saturated carbocycles. The van der Waals surface area contributed by atoms with Crippen LogP contribution in [0, 0.1) is 12.3 Å². The van der Waals surface area contributed by atoms with Gasteiger partial charge in [0.05, 0.1) is 0 Å². The average Bonchev–Trinajstić information content (AvgIpc) is 2.79. The molecule has 1 aromatic carbocycles. The Morgan fingerprint density at radius 1 is 1.24 bits per heavy atom. The number of benzene rings is 1. The Bertz CT molecular complexity index is 626. The van der Waals surface area contributed by atoms with E-state index in [1.165, 1.54) is 46.2 Å². The number of thiophene rings is 1. The lowest BCUT2D eigenvalue weighted by Gasteiger charge is -2.40. The van der Waals surface area contributed by atoms with Crippen LogP contribution < -0.4 is 5.32 Å². The van der Waals surface area contributed by atoms with Crippen molar-refractivity contribution in [3.63, 3.8) is 0 Å². The molecule has 2 aromatic rings. The summed E-state index contributed by atoms with van der Waals surface area (Å²) in [4.78, 5) is 1.51. The molecule has 1 fully saturated rings. The van der Waals surface area contributed by atoms with E-state index in [4.69, 9.17) is 0 Å². The van der Waals surface area contributed by atoms with Crippen molar-refractivity contribution in [3.8, 4) is 0 Å². The highest BCUT2D eigenvalue weighted by Crippen LogP contribution is 2.39. The average molecular weight is 301 g/mol. The van der Waals surface area contributed by atoms with E-state index in [9.17, 15) is 0 Å². The van der Waals surface area contributed by atoms with Crippen molar-refractivity contribution in [3.05, 3.63) is 34.7 Å². The molecule has 114 valence electrons. The molecule has 1 aromatic heterocycles. The van der Waals surface area contributed by atoms with Crippen LogP contribution in [0.1, 0.15) is 62.9 Å². The molecule has 0 spiro atoms. The van der Waals surface area contributed by atoms with Gasteiger partial charge in [0.1, 0.15) is 0 Å². The summed E-state index contributed by atoms with van der Waals surface area (Å²) in [5.74, 6) is 0. The normalized spacial score (nSPS) is 23.3. The second-order valence-electron chi connectivity index (χ2n) is 7.26. The molecule has 0 aliphatic heterocycles. The van der Waals surface area contributed by atoms with Crippen LogP contribution >= 0.6 is 11.3 Å². The standard InChI is InChI=1S/C19H27NS/c1-13-15-9-5-6-10-16(15)21-18(13)14(2)20-17-11-7-8-12-19(17,3)4/h5-6,9-10,14,17,20H,7-8,11-12H2,1-4H3. The molecule has 2 unspecified atom stereocenters. The molecule has 0 amide bonds. The Balaban J connectivity index is 1.83. The van der Waals surface area contributed by atoms with Gasteiger partial charge in [0.15, 0.2) is 0 Å². The van der Waals surface area contributed by atoms with E-state index in [-0.39, 0.29) is 0 Å². The lowest BCUT2D eigenvalue weighted by molar-refractivity contribution is 0.158. The van der Waals surface area contributed by atoms with Crippen molar-refractivity contribution in [2.45, 2.75) is 65.5 Å². The van der Waals surface area contributed by atoms with Gasteiger partial charge < -0.3 is 5.32 Å². The number of rotatable bonds is 3. The van der Waals surface area contributed by atoms with Gasteiger partial charge in [-0.25, -0.2) is 0 Å². The predicted molar refractivity (Wildman–Crippen MR) is 94.1 cm³/mol. The number of hydrogen-bond donors (Lipinski definition) is 1. The van der Waals surface area contributed by atoms with Gasteiger partial charge in [-0.05, 0) is 49.1 Å². The molecule has 2 atom stereocenters. The zero-order valence-corrected chi connectivity index (χ0v) is 14.5. The molecule has 0 saturated heterocycles. The first kappa shape index (κ1) is 15.1. The lowest BCUT2D eigenvalue weighted by Crippen LogP contribution is -2.45. The van der Waals surface area contributed by atoms with Crippen LogP contribution in [0.5, 0.6) is 0 Å². The van der Waals surface area contributed by atoms with Gasteiger partial charge in [-0.2, -0.15) is 0 Å². The molecule has 1 aliphatic carbocycles. The number of hydrogen-bond acceptors (Lipinski definition) is 2. The molecule has 3 rings (SSSR count). The van der Waals surface area contributed by atoms with Crippen molar-refractivity contribution in [1.82, 2.24) is 5.32 Å². The van der Waals surface area contributed by atoms with Gasteiger partial charge in [0.25, 0.3) is 0 Å². The van der Waals surface area contributed by atoms with E-state index in [1.54, 1.807) is 0 Å². The zero-order valence-electron chi connectivity index (χ0n) is 13.7. The van der Waals surface area contributed by atoms with Crippen molar-refractivity contribution in [2.24, 2.45) is 5.41 Å². The van der Waals surface area contributed by atoms with Gasteiger partial charge in [-0.15, -0.1) is 11.3 Å². The topological polar surface area (TPSA) is 12.0 Å². The minimum Gasteiger partial charge on any atom is -0.306 e. The summed E-state index contributed by atoms with van der Waals surface area (Å²) >= 11 is 1.96. The third-order valence-corrected chi connectivity index (χ3v) is 6.69. The molecule has 1 aliphatic rings. The van der Waals surface area contributed by atoms with Crippen molar-refractivity contribution in [2.75, 3.05) is 0 Å². The van der Waals surface area contributed by atoms with Gasteiger partial charge >= 0.3 is 0 Å². The second-order valence-corrected chi connectivity index (χ2v) is 8.35. The van der Waals surface area contributed by atoms with E-state index < -0.39 is 0 Å². The first-order valence-electron chi connectivity index (χ1n) is 8.23. The van der Waals surface area contributed by atoms with Crippen molar-refractivity contribution < 1.29 is 0 Å². The summed E-state index contributed by atoms with van der Waals surface area (Å²) in [6.07, 6.45) is 5.44. The fourth-order valence-electron chi connectivity index (χ4n) is 3.79. The highest BCUT2D eigenvalue weighted by atomic mass is 32.1. The SMILES string of the molecule is Cc1c(C(C)NC2CCCCC2(C)C)sc2ccccc12. The quantitative estimate of drug-likeness (QED) is 0.752. The highest BCUT2D eigenvalue weighted by Gasteiger charge is 2.33. The van der Waals surface area contributed by atoms with E-state index in [2.05, 4.69) is 57.3 Å². The Hall–Kier alpha value is -0.860. The zero-order chi connectivity index (χ0) is 15.0. The van der Waals surface area contributed by atoms with Crippen LogP contribution in [0.25, 0.3) is 10.1 Å². The summed E-state index contributed by atoms with van der Waals surface area (Å²) < 4.78 is 1.42. The Morgan fingerprint density at radius 3 is 2.71 bits per heavy atom. The van der Waals surface area contributed by atoms with Crippen LogP contribution in [-0.2, 0) is 0 Å². The predicted octanol–water partition coefficient (Wildman–Crippen LogP) is 5.83. The van der Waals surface area contributed by atoms with Crippen LogP contribution in [0.15, 0.2) is 24.3 Å². The summed E-state index contributed by atoms with van der Waals surface area (Å²) in [6.45, 7) is 9.46. The Labute approximate surface area is 132 Å².